The van der Waals surface area contributed by atoms with Crippen LogP contribution in [0.4, 0.5) is 21.5 Å². The largest absolute Gasteiger partial charge is 0.465 e. The van der Waals surface area contributed by atoms with Crippen LogP contribution in [0.5, 0.6) is 0 Å². The third-order valence-electron chi connectivity index (χ3n) is 2.69. The van der Waals surface area contributed by atoms with E-state index in [4.69, 9.17) is 17.3 Å². The molecule has 0 amide bonds. The van der Waals surface area contributed by atoms with Gasteiger partial charge in [0.2, 0.25) is 0 Å². The van der Waals surface area contributed by atoms with Crippen LogP contribution in [-0.4, -0.2) is 13.1 Å². The molecule has 2 aromatic carbocycles. The number of esters is 1. The van der Waals surface area contributed by atoms with Crippen molar-refractivity contribution in [2.75, 3.05) is 18.2 Å². The van der Waals surface area contributed by atoms with Crippen LogP contribution in [0.2, 0.25) is 5.02 Å². The first-order valence-electron chi connectivity index (χ1n) is 5.72. The molecule has 0 bridgehead atoms. The van der Waals surface area contributed by atoms with Crippen molar-refractivity contribution in [3.8, 4) is 0 Å². The Morgan fingerprint density at radius 2 is 2.00 bits per heavy atom. The van der Waals surface area contributed by atoms with Crippen LogP contribution in [0.3, 0.4) is 0 Å². The van der Waals surface area contributed by atoms with Gasteiger partial charge >= 0.3 is 5.97 Å². The number of halogens is 2. The molecule has 20 heavy (non-hydrogen) atoms. The number of anilines is 3. The summed E-state index contributed by atoms with van der Waals surface area (Å²) in [5, 5.41) is 3.25. The summed E-state index contributed by atoms with van der Waals surface area (Å²) in [6, 6.07) is 9.22. The summed E-state index contributed by atoms with van der Waals surface area (Å²) >= 11 is 5.99. The van der Waals surface area contributed by atoms with E-state index < -0.39 is 11.8 Å². The normalized spacial score (nSPS) is 10.2. The fourth-order valence-corrected chi connectivity index (χ4v) is 1.86. The van der Waals surface area contributed by atoms with Crippen LogP contribution < -0.4 is 11.1 Å². The molecule has 0 aromatic heterocycles. The standard InChI is InChI=1S/C14H12ClFN2O2/c1-20-14(19)8-6-13(10(16)7-11(8)17)18-12-5-3-2-4-9(12)15/h2-7,18H,17H2,1H3. The molecule has 0 fully saturated rings. The number of para-hydroxylation sites is 1. The Labute approximate surface area is 120 Å². The maximum absolute atomic E-state index is 13.9. The number of carbonyl (C=O) groups excluding carboxylic acids is 1. The van der Waals surface area contributed by atoms with Crippen LogP contribution in [0, 0.1) is 5.82 Å². The highest BCUT2D eigenvalue weighted by atomic mass is 35.5. The molecule has 2 aromatic rings. The molecular weight excluding hydrogens is 283 g/mol. The zero-order valence-corrected chi connectivity index (χ0v) is 11.4. The summed E-state index contributed by atoms with van der Waals surface area (Å²) in [6.07, 6.45) is 0. The molecule has 2 rings (SSSR count). The van der Waals surface area contributed by atoms with Crippen molar-refractivity contribution in [1.29, 1.82) is 0 Å². The lowest BCUT2D eigenvalue weighted by Crippen LogP contribution is -2.07. The summed E-state index contributed by atoms with van der Waals surface area (Å²) < 4.78 is 18.5. The van der Waals surface area contributed by atoms with Gasteiger partial charge in [0.15, 0.2) is 0 Å². The molecule has 0 aliphatic heterocycles. The zero-order valence-electron chi connectivity index (χ0n) is 10.6. The minimum absolute atomic E-state index is 0.0130. The number of nitrogens with one attached hydrogen (secondary N) is 1. The van der Waals surface area contributed by atoms with E-state index >= 15 is 0 Å². The fraction of sp³-hybridized carbons (Fsp3) is 0.0714. The van der Waals surface area contributed by atoms with Crippen molar-refractivity contribution < 1.29 is 13.9 Å². The first-order chi connectivity index (χ1) is 9.52. The lowest BCUT2D eigenvalue weighted by molar-refractivity contribution is 0.0602. The van der Waals surface area contributed by atoms with Crippen LogP contribution in [0.25, 0.3) is 0 Å². The van der Waals surface area contributed by atoms with Gasteiger partial charge in [0.1, 0.15) is 5.82 Å². The molecule has 0 aliphatic rings. The second kappa shape index (κ2) is 5.79. The highest BCUT2D eigenvalue weighted by Crippen LogP contribution is 2.29. The molecule has 0 aliphatic carbocycles. The summed E-state index contributed by atoms with van der Waals surface area (Å²) in [5.41, 5.74) is 6.31. The van der Waals surface area contributed by atoms with Crippen molar-refractivity contribution >= 4 is 34.6 Å². The van der Waals surface area contributed by atoms with E-state index in [1.165, 1.54) is 13.2 Å². The first kappa shape index (κ1) is 14.1. The van der Waals surface area contributed by atoms with E-state index in [1.54, 1.807) is 24.3 Å². The molecule has 104 valence electrons. The molecular formula is C14H12ClFN2O2. The van der Waals surface area contributed by atoms with Crippen molar-refractivity contribution in [2.45, 2.75) is 0 Å². The molecule has 6 heteroatoms. The molecule has 0 unspecified atom stereocenters. The lowest BCUT2D eigenvalue weighted by atomic mass is 10.1. The number of benzene rings is 2. The van der Waals surface area contributed by atoms with Gasteiger partial charge in [0.25, 0.3) is 0 Å². The van der Waals surface area contributed by atoms with Crippen LogP contribution in [0.15, 0.2) is 36.4 Å². The van der Waals surface area contributed by atoms with Gasteiger partial charge in [0, 0.05) is 5.69 Å². The second-order valence-corrected chi connectivity index (χ2v) is 4.42. The first-order valence-corrected chi connectivity index (χ1v) is 6.09. The topological polar surface area (TPSA) is 64.3 Å². The number of nitrogens with two attached hydrogens (primary N) is 1. The second-order valence-electron chi connectivity index (χ2n) is 4.02. The number of nitrogen functional groups attached to an aromatic ring is 1. The Bertz CT molecular complexity index is 662. The number of methoxy groups -OCH3 is 1. The third-order valence-corrected chi connectivity index (χ3v) is 3.02. The highest BCUT2D eigenvalue weighted by Gasteiger charge is 2.15. The van der Waals surface area contributed by atoms with E-state index in [2.05, 4.69) is 10.1 Å². The van der Waals surface area contributed by atoms with E-state index in [0.29, 0.717) is 10.7 Å². The average molecular weight is 295 g/mol. The molecule has 0 spiro atoms. The number of hydrogen-bond acceptors (Lipinski definition) is 4. The van der Waals surface area contributed by atoms with Gasteiger partial charge < -0.3 is 15.8 Å². The predicted molar refractivity (Wildman–Crippen MR) is 76.9 cm³/mol. The Balaban J connectivity index is 2.42. The maximum atomic E-state index is 13.9. The quantitative estimate of drug-likeness (QED) is 0.671. The zero-order chi connectivity index (χ0) is 14.7. The van der Waals surface area contributed by atoms with Crippen molar-refractivity contribution in [3.05, 3.63) is 52.8 Å². The number of hydrogen-bond donors (Lipinski definition) is 2. The number of rotatable bonds is 3. The molecule has 0 atom stereocenters. The van der Waals surface area contributed by atoms with Gasteiger partial charge in [-0.25, -0.2) is 9.18 Å². The van der Waals surface area contributed by atoms with Gasteiger partial charge in [-0.05, 0) is 24.3 Å². The minimum atomic E-state index is -0.635. The van der Waals surface area contributed by atoms with E-state index in [9.17, 15) is 9.18 Å². The van der Waals surface area contributed by atoms with Gasteiger partial charge in [-0.2, -0.15) is 0 Å². The monoisotopic (exact) mass is 294 g/mol. The van der Waals surface area contributed by atoms with Crippen LogP contribution in [-0.2, 0) is 4.74 Å². The van der Waals surface area contributed by atoms with Crippen LogP contribution in [0.1, 0.15) is 10.4 Å². The minimum Gasteiger partial charge on any atom is -0.465 e. The smallest absolute Gasteiger partial charge is 0.340 e. The highest BCUT2D eigenvalue weighted by molar-refractivity contribution is 6.33. The van der Waals surface area contributed by atoms with E-state index in [0.717, 1.165) is 6.07 Å². The van der Waals surface area contributed by atoms with Gasteiger partial charge in [-0.3, -0.25) is 0 Å². The van der Waals surface area contributed by atoms with Gasteiger partial charge in [-0.1, -0.05) is 23.7 Å². The number of carbonyl (C=O) groups is 1. The van der Waals surface area contributed by atoms with Crippen molar-refractivity contribution in [3.63, 3.8) is 0 Å². The van der Waals surface area contributed by atoms with Gasteiger partial charge in [0.05, 0.1) is 29.1 Å². The Kier molecular flexibility index (Phi) is 4.10. The molecule has 4 nitrogen and oxygen atoms in total. The van der Waals surface area contributed by atoms with E-state index in [1.807, 2.05) is 0 Å². The summed E-state index contributed by atoms with van der Waals surface area (Å²) in [6.45, 7) is 0. The average Bonchev–Trinajstić information content (AvgIpc) is 2.43. The Morgan fingerprint density at radius 1 is 1.30 bits per heavy atom. The molecule has 0 heterocycles. The third kappa shape index (κ3) is 2.83. The summed E-state index contributed by atoms with van der Waals surface area (Å²) in [7, 11) is 1.23. The van der Waals surface area contributed by atoms with Gasteiger partial charge in [-0.15, -0.1) is 0 Å². The summed E-state index contributed by atoms with van der Waals surface area (Å²) in [5.74, 6) is -1.22. The number of ether oxygens (including phenoxy) is 1. The predicted octanol–water partition coefficient (Wildman–Crippen LogP) is 3.59. The van der Waals surface area contributed by atoms with E-state index in [-0.39, 0.29) is 16.9 Å². The lowest BCUT2D eigenvalue weighted by Gasteiger charge is -2.12. The Morgan fingerprint density at radius 3 is 2.65 bits per heavy atom. The Hall–Kier alpha value is -2.27. The fourth-order valence-electron chi connectivity index (χ4n) is 1.68. The van der Waals surface area contributed by atoms with Crippen molar-refractivity contribution in [2.24, 2.45) is 0 Å². The maximum Gasteiger partial charge on any atom is 0.340 e. The van der Waals surface area contributed by atoms with Crippen molar-refractivity contribution in [1.82, 2.24) is 0 Å². The summed E-state index contributed by atoms with van der Waals surface area (Å²) in [4.78, 5) is 11.5. The molecule has 0 saturated heterocycles. The molecule has 0 radical (unpaired) electrons. The van der Waals surface area contributed by atoms with Crippen LogP contribution >= 0.6 is 11.6 Å². The molecule has 0 saturated carbocycles. The SMILES string of the molecule is COC(=O)c1cc(Nc2ccccc2Cl)c(F)cc1N. The molecule has 3 N–H and O–H groups in total.